The standard InChI is InChI=1S/C28H27Cl2N5O3S/c29-22-8-6-20(7-9-22)26-25(19-4-2-1-3-5-19)18-35(32-26)28(34-16-14-21(15-17-34)27(31)36)33-39(37,38)24-12-10-23(30)11-13-24/h1-13,21,25H,14-18H2,(H2,31,36)/b33-28-. The maximum absolute atomic E-state index is 13.4. The molecule has 0 radical (unpaired) electrons. The topological polar surface area (TPSA) is 108 Å². The van der Waals surface area contributed by atoms with E-state index in [1.54, 1.807) is 17.1 Å². The number of carbonyl (C=O) groups is 1. The predicted molar refractivity (Wildman–Crippen MR) is 153 cm³/mol. The van der Waals surface area contributed by atoms with Gasteiger partial charge in [0.1, 0.15) is 0 Å². The molecule has 1 atom stereocenters. The fourth-order valence-corrected chi connectivity index (χ4v) is 6.12. The molecule has 39 heavy (non-hydrogen) atoms. The number of carbonyl (C=O) groups excluding carboxylic acids is 1. The Bertz CT molecular complexity index is 1500. The van der Waals surface area contributed by atoms with Crippen molar-refractivity contribution in [3.63, 3.8) is 0 Å². The average molecular weight is 585 g/mol. The molecule has 2 heterocycles. The van der Waals surface area contributed by atoms with Gasteiger partial charge in [0.25, 0.3) is 10.0 Å². The fourth-order valence-electron chi connectivity index (χ4n) is 4.85. The van der Waals surface area contributed by atoms with Crippen molar-refractivity contribution in [2.45, 2.75) is 23.7 Å². The SMILES string of the molecule is NC(=O)C1CCN(/C(=N/S(=O)(=O)c2ccc(Cl)cc2)N2CC(c3ccccc3)C(c3ccc(Cl)cc3)=N2)CC1. The summed E-state index contributed by atoms with van der Waals surface area (Å²) >= 11 is 12.1. The Morgan fingerprint density at radius 2 is 1.49 bits per heavy atom. The third-order valence-corrected chi connectivity index (χ3v) is 8.76. The molecule has 1 fully saturated rings. The maximum Gasteiger partial charge on any atom is 0.285 e. The van der Waals surface area contributed by atoms with E-state index in [2.05, 4.69) is 4.40 Å². The first-order chi connectivity index (χ1) is 18.7. The molecule has 5 rings (SSSR count). The van der Waals surface area contributed by atoms with Gasteiger partial charge in [-0.1, -0.05) is 65.7 Å². The number of likely N-dealkylation sites (tertiary alicyclic amines) is 1. The Morgan fingerprint density at radius 3 is 2.08 bits per heavy atom. The number of hydrogen-bond donors (Lipinski definition) is 1. The van der Waals surface area contributed by atoms with Crippen molar-refractivity contribution < 1.29 is 13.2 Å². The van der Waals surface area contributed by atoms with Crippen LogP contribution in [0.25, 0.3) is 0 Å². The van der Waals surface area contributed by atoms with Crippen molar-refractivity contribution in [1.29, 1.82) is 0 Å². The minimum atomic E-state index is -4.10. The highest BCUT2D eigenvalue weighted by Crippen LogP contribution is 2.31. The number of primary amides is 1. The highest BCUT2D eigenvalue weighted by molar-refractivity contribution is 7.90. The van der Waals surface area contributed by atoms with Crippen molar-refractivity contribution in [2.75, 3.05) is 19.6 Å². The Labute approximate surface area is 237 Å². The molecule has 3 aromatic carbocycles. The molecule has 0 bridgehead atoms. The van der Waals surface area contributed by atoms with Gasteiger partial charge in [-0.25, -0.2) is 5.01 Å². The molecule has 1 saturated heterocycles. The molecule has 0 spiro atoms. The number of hydrogen-bond acceptors (Lipinski definition) is 4. The van der Waals surface area contributed by atoms with Gasteiger partial charge in [0.05, 0.1) is 17.2 Å². The highest BCUT2D eigenvalue weighted by Gasteiger charge is 2.36. The molecular weight excluding hydrogens is 557 g/mol. The monoisotopic (exact) mass is 583 g/mol. The van der Waals surface area contributed by atoms with Crippen molar-refractivity contribution in [3.05, 3.63) is 100 Å². The summed E-state index contributed by atoms with van der Waals surface area (Å²) in [6.45, 7) is 1.22. The van der Waals surface area contributed by atoms with E-state index in [1.165, 1.54) is 24.3 Å². The zero-order chi connectivity index (χ0) is 27.6. The van der Waals surface area contributed by atoms with Gasteiger partial charge in [0, 0.05) is 35.0 Å². The zero-order valence-corrected chi connectivity index (χ0v) is 23.3. The number of rotatable bonds is 5. The third-order valence-electron chi connectivity index (χ3n) is 6.98. The smallest absolute Gasteiger partial charge is 0.285 e. The van der Waals surface area contributed by atoms with Crippen molar-refractivity contribution in [3.8, 4) is 0 Å². The van der Waals surface area contributed by atoms with Crippen LogP contribution in [0.2, 0.25) is 10.0 Å². The molecule has 2 aliphatic heterocycles. The summed E-state index contributed by atoms with van der Waals surface area (Å²) in [5.41, 5.74) is 8.24. The van der Waals surface area contributed by atoms with Gasteiger partial charge in [-0.05, 0) is 60.4 Å². The molecule has 1 unspecified atom stereocenters. The van der Waals surface area contributed by atoms with E-state index in [0.717, 1.165) is 16.8 Å². The van der Waals surface area contributed by atoms with Crippen LogP contribution in [0.4, 0.5) is 0 Å². The van der Waals surface area contributed by atoms with Crippen LogP contribution in [0.5, 0.6) is 0 Å². The van der Waals surface area contributed by atoms with E-state index in [9.17, 15) is 13.2 Å². The normalized spacial score (nSPS) is 18.8. The van der Waals surface area contributed by atoms with Crippen LogP contribution in [0.3, 0.4) is 0 Å². The third kappa shape index (κ3) is 6.11. The largest absolute Gasteiger partial charge is 0.369 e. The van der Waals surface area contributed by atoms with Crippen LogP contribution in [-0.4, -0.2) is 55.5 Å². The van der Waals surface area contributed by atoms with Crippen LogP contribution < -0.4 is 5.73 Å². The summed E-state index contributed by atoms with van der Waals surface area (Å²) in [6.07, 6.45) is 0.998. The van der Waals surface area contributed by atoms with Crippen LogP contribution in [0, 0.1) is 5.92 Å². The zero-order valence-electron chi connectivity index (χ0n) is 21.0. The number of halogens is 2. The first kappa shape index (κ1) is 27.2. The molecule has 2 N–H and O–H groups in total. The lowest BCUT2D eigenvalue weighted by Gasteiger charge is -2.35. The number of hydrazone groups is 1. The number of nitrogens with two attached hydrogens (primary N) is 1. The molecule has 0 saturated carbocycles. The average Bonchev–Trinajstić information content (AvgIpc) is 3.38. The van der Waals surface area contributed by atoms with Gasteiger partial charge in [-0.3, -0.25) is 4.79 Å². The Morgan fingerprint density at radius 1 is 0.897 bits per heavy atom. The van der Waals surface area contributed by atoms with Crippen LogP contribution >= 0.6 is 23.2 Å². The number of guanidine groups is 1. The van der Waals surface area contributed by atoms with Crippen molar-refractivity contribution >= 4 is 50.8 Å². The maximum atomic E-state index is 13.4. The van der Waals surface area contributed by atoms with E-state index in [0.29, 0.717) is 42.5 Å². The summed E-state index contributed by atoms with van der Waals surface area (Å²) < 4.78 is 31.2. The fraction of sp³-hybridized carbons (Fsp3) is 0.250. The van der Waals surface area contributed by atoms with Gasteiger partial charge in [0.2, 0.25) is 11.9 Å². The van der Waals surface area contributed by atoms with Crippen molar-refractivity contribution in [2.24, 2.45) is 21.2 Å². The van der Waals surface area contributed by atoms with E-state index in [4.69, 9.17) is 34.0 Å². The Kier molecular flexibility index (Phi) is 7.93. The number of piperidine rings is 1. The van der Waals surface area contributed by atoms with Crippen LogP contribution in [-0.2, 0) is 14.8 Å². The summed E-state index contributed by atoms with van der Waals surface area (Å²) in [5.74, 6) is -0.550. The molecule has 0 aromatic heterocycles. The summed E-state index contributed by atoms with van der Waals surface area (Å²) in [5, 5.41) is 7.61. The second-order valence-electron chi connectivity index (χ2n) is 9.52. The molecule has 202 valence electrons. The quantitative estimate of drug-likeness (QED) is 0.344. The van der Waals surface area contributed by atoms with Gasteiger partial charge < -0.3 is 10.6 Å². The molecule has 1 amide bonds. The van der Waals surface area contributed by atoms with E-state index < -0.39 is 10.0 Å². The molecule has 2 aliphatic rings. The lowest BCUT2D eigenvalue weighted by molar-refractivity contribution is -0.122. The molecule has 0 aliphatic carbocycles. The molecule has 11 heteroatoms. The Hall–Kier alpha value is -3.40. The predicted octanol–water partition coefficient (Wildman–Crippen LogP) is 4.74. The first-order valence-electron chi connectivity index (χ1n) is 12.5. The van der Waals surface area contributed by atoms with Gasteiger partial charge >= 0.3 is 0 Å². The molecular formula is C28H27Cl2N5O3S. The van der Waals surface area contributed by atoms with E-state index in [-0.39, 0.29) is 28.6 Å². The first-order valence-corrected chi connectivity index (χ1v) is 14.7. The highest BCUT2D eigenvalue weighted by atomic mass is 35.5. The van der Waals surface area contributed by atoms with Gasteiger partial charge in [0.15, 0.2) is 0 Å². The minimum absolute atomic E-state index is 0.0251. The summed E-state index contributed by atoms with van der Waals surface area (Å²) in [6, 6.07) is 23.2. The number of benzene rings is 3. The molecule has 3 aromatic rings. The lowest BCUT2D eigenvalue weighted by Crippen LogP contribution is -2.47. The minimum Gasteiger partial charge on any atom is -0.369 e. The number of nitrogens with zero attached hydrogens (tertiary/aromatic N) is 4. The van der Waals surface area contributed by atoms with Crippen LogP contribution in [0.15, 0.2) is 93.3 Å². The second kappa shape index (κ2) is 11.4. The second-order valence-corrected chi connectivity index (χ2v) is 12.0. The van der Waals surface area contributed by atoms with Crippen LogP contribution in [0.1, 0.15) is 29.9 Å². The summed E-state index contributed by atoms with van der Waals surface area (Å²) in [4.78, 5) is 13.7. The van der Waals surface area contributed by atoms with Gasteiger partial charge in [-0.2, -0.15) is 13.5 Å². The number of sulfonamides is 1. The van der Waals surface area contributed by atoms with E-state index in [1.807, 2.05) is 47.4 Å². The lowest BCUT2D eigenvalue weighted by atomic mass is 9.91. The van der Waals surface area contributed by atoms with Gasteiger partial charge in [-0.15, -0.1) is 4.40 Å². The summed E-state index contributed by atoms with van der Waals surface area (Å²) in [7, 11) is -4.10. The number of amides is 1. The Balaban J connectivity index is 1.57. The van der Waals surface area contributed by atoms with E-state index >= 15 is 0 Å². The van der Waals surface area contributed by atoms with Crippen molar-refractivity contribution in [1.82, 2.24) is 9.91 Å². The molecule has 8 nitrogen and oxygen atoms in total.